The lowest BCUT2D eigenvalue weighted by molar-refractivity contribution is -0.137. The van der Waals surface area contributed by atoms with Crippen molar-refractivity contribution >= 4 is 17.7 Å². The Hall–Kier alpha value is -1.26. The van der Waals surface area contributed by atoms with E-state index >= 15 is 0 Å². The number of carbonyl (C=O) groups excluding carboxylic acids is 1. The first-order chi connectivity index (χ1) is 10.1. The van der Waals surface area contributed by atoms with Gasteiger partial charge in [0.05, 0.1) is 12.2 Å². The molecule has 1 saturated carbocycles. The van der Waals surface area contributed by atoms with Crippen molar-refractivity contribution in [2.45, 2.75) is 49.5 Å². The van der Waals surface area contributed by atoms with E-state index in [2.05, 4.69) is 0 Å². The summed E-state index contributed by atoms with van der Waals surface area (Å²) < 4.78 is 5.01. The normalized spacial score (nSPS) is 18.3. The Balaban J connectivity index is 2.23. The molecule has 0 bridgehead atoms. The first-order valence-electron chi connectivity index (χ1n) is 7.48. The maximum atomic E-state index is 11.8. The van der Waals surface area contributed by atoms with Gasteiger partial charge < -0.3 is 9.84 Å². The lowest BCUT2D eigenvalue weighted by Crippen LogP contribution is -2.33. The standard InChI is InChI=1S/C17H22O3S/c1-2-20-16(18)13-15(17(19)11-7-4-8-12-17)21-14-9-5-3-6-10-14/h3,5-6,9-10,13,19H,2,4,7-8,11-12H2,1H3/b15-13-. The molecule has 0 radical (unpaired) electrons. The number of carbonyl (C=O) groups is 1. The Morgan fingerprint density at radius 1 is 1.29 bits per heavy atom. The highest BCUT2D eigenvalue weighted by Gasteiger charge is 2.34. The molecule has 3 nitrogen and oxygen atoms in total. The number of rotatable bonds is 5. The first kappa shape index (κ1) is 16.1. The SMILES string of the molecule is CCOC(=O)/C=C(\Sc1ccccc1)C1(O)CCCCC1. The van der Waals surface area contributed by atoms with Crippen LogP contribution in [-0.4, -0.2) is 23.3 Å². The predicted molar refractivity (Wildman–Crippen MR) is 85.0 cm³/mol. The summed E-state index contributed by atoms with van der Waals surface area (Å²) in [5.74, 6) is -0.380. The van der Waals surface area contributed by atoms with E-state index in [1.54, 1.807) is 6.92 Å². The summed E-state index contributed by atoms with van der Waals surface area (Å²) in [7, 11) is 0. The van der Waals surface area contributed by atoms with E-state index < -0.39 is 5.60 Å². The number of benzene rings is 1. The van der Waals surface area contributed by atoms with Crippen LogP contribution in [0.25, 0.3) is 0 Å². The van der Waals surface area contributed by atoms with Crippen LogP contribution in [0.15, 0.2) is 46.2 Å². The van der Waals surface area contributed by atoms with Crippen LogP contribution in [0, 0.1) is 0 Å². The molecule has 1 aliphatic carbocycles. The third kappa shape index (κ3) is 4.61. The van der Waals surface area contributed by atoms with Gasteiger partial charge in [-0.1, -0.05) is 49.2 Å². The Bertz CT molecular complexity index is 490. The molecule has 0 aromatic heterocycles. The number of aliphatic hydroxyl groups is 1. The minimum absolute atomic E-state index is 0.344. The Morgan fingerprint density at radius 3 is 2.57 bits per heavy atom. The smallest absolute Gasteiger partial charge is 0.331 e. The van der Waals surface area contributed by atoms with Crippen LogP contribution in [-0.2, 0) is 9.53 Å². The van der Waals surface area contributed by atoms with Gasteiger partial charge in [0.15, 0.2) is 0 Å². The number of hydrogen-bond donors (Lipinski definition) is 1. The zero-order valence-electron chi connectivity index (χ0n) is 12.4. The van der Waals surface area contributed by atoms with Crippen LogP contribution < -0.4 is 0 Å². The van der Waals surface area contributed by atoms with E-state index in [0.717, 1.165) is 24.2 Å². The zero-order chi connectivity index (χ0) is 15.1. The Morgan fingerprint density at radius 2 is 1.95 bits per heavy atom. The maximum absolute atomic E-state index is 11.8. The minimum atomic E-state index is -0.897. The molecule has 0 unspecified atom stereocenters. The number of esters is 1. The maximum Gasteiger partial charge on any atom is 0.331 e. The van der Waals surface area contributed by atoms with Crippen LogP contribution in [0.2, 0.25) is 0 Å². The van der Waals surface area contributed by atoms with Gasteiger partial charge in [0, 0.05) is 15.9 Å². The summed E-state index contributed by atoms with van der Waals surface area (Å²) in [5, 5.41) is 10.9. The fourth-order valence-electron chi connectivity index (χ4n) is 2.55. The Labute approximate surface area is 130 Å². The molecule has 1 aromatic carbocycles. The van der Waals surface area contributed by atoms with Gasteiger partial charge in [0.1, 0.15) is 0 Å². The molecule has 1 N–H and O–H groups in total. The number of thioether (sulfide) groups is 1. The fraction of sp³-hybridized carbons (Fsp3) is 0.471. The topological polar surface area (TPSA) is 46.5 Å². The molecule has 0 atom stereocenters. The van der Waals surface area contributed by atoms with E-state index in [-0.39, 0.29) is 5.97 Å². The van der Waals surface area contributed by atoms with Crippen molar-refractivity contribution < 1.29 is 14.6 Å². The summed E-state index contributed by atoms with van der Waals surface area (Å²) in [6.45, 7) is 2.13. The quantitative estimate of drug-likeness (QED) is 0.509. The second kappa shape index (κ2) is 7.66. The summed E-state index contributed by atoms with van der Waals surface area (Å²) >= 11 is 1.46. The van der Waals surface area contributed by atoms with Gasteiger partial charge in [-0.3, -0.25) is 0 Å². The van der Waals surface area contributed by atoms with E-state index in [9.17, 15) is 9.90 Å². The average molecular weight is 306 g/mol. The van der Waals surface area contributed by atoms with Crippen molar-refractivity contribution in [3.05, 3.63) is 41.3 Å². The van der Waals surface area contributed by atoms with Crippen molar-refractivity contribution in [2.75, 3.05) is 6.61 Å². The molecule has 1 aromatic rings. The molecule has 0 amide bonds. The molecule has 1 fully saturated rings. The lowest BCUT2D eigenvalue weighted by atomic mass is 9.84. The molecule has 0 aliphatic heterocycles. The summed E-state index contributed by atoms with van der Waals surface area (Å²) in [6.07, 6.45) is 6.01. The molecular weight excluding hydrogens is 284 g/mol. The highest BCUT2D eigenvalue weighted by Crippen LogP contribution is 2.42. The Kier molecular flexibility index (Phi) is 5.88. The van der Waals surface area contributed by atoms with Gasteiger partial charge in [0.25, 0.3) is 0 Å². The second-order valence-corrected chi connectivity index (χ2v) is 6.38. The summed E-state index contributed by atoms with van der Waals surface area (Å²) in [5.41, 5.74) is -0.897. The molecule has 2 rings (SSSR count). The van der Waals surface area contributed by atoms with Gasteiger partial charge in [-0.2, -0.15) is 0 Å². The summed E-state index contributed by atoms with van der Waals surface area (Å²) in [6, 6.07) is 9.82. The molecule has 0 heterocycles. The van der Waals surface area contributed by atoms with E-state index in [1.807, 2.05) is 30.3 Å². The molecule has 0 saturated heterocycles. The molecule has 1 aliphatic rings. The highest BCUT2D eigenvalue weighted by atomic mass is 32.2. The monoisotopic (exact) mass is 306 g/mol. The molecule has 0 spiro atoms. The van der Waals surface area contributed by atoms with Gasteiger partial charge in [-0.25, -0.2) is 4.79 Å². The van der Waals surface area contributed by atoms with Crippen molar-refractivity contribution in [1.82, 2.24) is 0 Å². The van der Waals surface area contributed by atoms with Crippen LogP contribution in [0.4, 0.5) is 0 Å². The van der Waals surface area contributed by atoms with Crippen LogP contribution >= 0.6 is 11.8 Å². The molecule has 114 valence electrons. The van der Waals surface area contributed by atoms with E-state index in [0.29, 0.717) is 24.4 Å². The third-order valence-electron chi connectivity index (χ3n) is 3.65. The van der Waals surface area contributed by atoms with Gasteiger partial charge in [-0.15, -0.1) is 0 Å². The van der Waals surface area contributed by atoms with Gasteiger partial charge in [0.2, 0.25) is 0 Å². The predicted octanol–water partition coefficient (Wildman–Crippen LogP) is 3.92. The van der Waals surface area contributed by atoms with Crippen LogP contribution in [0.5, 0.6) is 0 Å². The van der Waals surface area contributed by atoms with Crippen molar-refractivity contribution in [2.24, 2.45) is 0 Å². The third-order valence-corrected chi connectivity index (χ3v) is 4.87. The van der Waals surface area contributed by atoms with Crippen LogP contribution in [0.3, 0.4) is 0 Å². The summed E-state index contributed by atoms with van der Waals surface area (Å²) in [4.78, 5) is 13.5. The van der Waals surface area contributed by atoms with E-state index in [4.69, 9.17) is 4.74 Å². The fourth-order valence-corrected chi connectivity index (χ4v) is 3.64. The van der Waals surface area contributed by atoms with Crippen molar-refractivity contribution in [3.63, 3.8) is 0 Å². The van der Waals surface area contributed by atoms with E-state index in [1.165, 1.54) is 17.8 Å². The average Bonchev–Trinajstić information content (AvgIpc) is 2.49. The zero-order valence-corrected chi connectivity index (χ0v) is 13.2. The van der Waals surface area contributed by atoms with Crippen LogP contribution in [0.1, 0.15) is 39.0 Å². The number of ether oxygens (including phenoxy) is 1. The van der Waals surface area contributed by atoms with Crippen molar-refractivity contribution in [3.8, 4) is 0 Å². The lowest BCUT2D eigenvalue weighted by Gasteiger charge is -2.34. The minimum Gasteiger partial charge on any atom is -0.463 e. The number of hydrogen-bond acceptors (Lipinski definition) is 4. The van der Waals surface area contributed by atoms with Crippen molar-refractivity contribution in [1.29, 1.82) is 0 Å². The van der Waals surface area contributed by atoms with Gasteiger partial charge >= 0.3 is 5.97 Å². The molecular formula is C17H22O3S. The highest BCUT2D eigenvalue weighted by molar-refractivity contribution is 8.03. The van der Waals surface area contributed by atoms with Gasteiger partial charge in [-0.05, 0) is 31.9 Å². The first-order valence-corrected chi connectivity index (χ1v) is 8.30. The molecule has 4 heteroatoms. The molecule has 21 heavy (non-hydrogen) atoms. The second-order valence-electron chi connectivity index (χ2n) is 5.27. The largest absolute Gasteiger partial charge is 0.463 e.